The van der Waals surface area contributed by atoms with Crippen molar-refractivity contribution in [3.05, 3.63) is 40.7 Å². The standard InChI is InChI=1S/C13H13FO2/c1-13(2,12(15)16)10-5-8-3-4-11(14)7-9(8)6-10/h3-4,6-7H,5H2,1-2H3,(H,15,16). The van der Waals surface area contributed by atoms with Gasteiger partial charge in [0.05, 0.1) is 5.41 Å². The summed E-state index contributed by atoms with van der Waals surface area (Å²) in [6.45, 7) is 3.34. The van der Waals surface area contributed by atoms with E-state index >= 15 is 0 Å². The maximum atomic E-state index is 13.0. The van der Waals surface area contributed by atoms with Crippen LogP contribution in [0.4, 0.5) is 4.39 Å². The first kappa shape index (κ1) is 10.9. The van der Waals surface area contributed by atoms with E-state index in [2.05, 4.69) is 0 Å². The van der Waals surface area contributed by atoms with Gasteiger partial charge in [0.1, 0.15) is 5.82 Å². The largest absolute Gasteiger partial charge is 0.481 e. The van der Waals surface area contributed by atoms with Crippen molar-refractivity contribution in [2.24, 2.45) is 5.41 Å². The molecule has 16 heavy (non-hydrogen) atoms. The van der Waals surface area contributed by atoms with E-state index in [-0.39, 0.29) is 5.82 Å². The van der Waals surface area contributed by atoms with Crippen LogP contribution in [0.1, 0.15) is 25.0 Å². The molecule has 1 aliphatic carbocycles. The lowest BCUT2D eigenvalue weighted by Gasteiger charge is -2.20. The summed E-state index contributed by atoms with van der Waals surface area (Å²) in [5, 5.41) is 9.12. The summed E-state index contributed by atoms with van der Waals surface area (Å²) in [5.74, 6) is -1.14. The molecule has 1 N–H and O–H groups in total. The lowest BCUT2D eigenvalue weighted by atomic mass is 9.83. The predicted octanol–water partition coefficient (Wildman–Crippen LogP) is 2.88. The van der Waals surface area contributed by atoms with Gasteiger partial charge in [-0.05, 0) is 49.1 Å². The topological polar surface area (TPSA) is 37.3 Å². The fraction of sp³-hybridized carbons (Fsp3) is 0.308. The minimum atomic E-state index is -0.893. The summed E-state index contributed by atoms with van der Waals surface area (Å²) in [6, 6.07) is 4.57. The van der Waals surface area contributed by atoms with E-state index < -0.39 is 11.4 Å². The molecule has 1 aliphatic rings. The van der Waals surface area contributed by atoms with Gasteiger partial charge < -0.3 is 5.11 Å². The number of hydrogen-bond donors (Lipinski definition) is 1. The number of carboxylic acids is 1. The maximum Gasteiger partial charge on any atom is 0.313 e. The van der Waals surface area contributed by atoms with Gasteiger partial charge in [-0.15, -0.1) is 0 Å². The molecule has 0 saturated carbocycles. The Labute approximate surface area is 93.4 Å². The summed E-state index contributed by atoms with van der Waals surface area (Å²) in [5.41, 5.74) is 1.71. The first-order valence-corrected chi connectivity index (χ1v) is 5.14. The zero-order chi connectivity index (χ0) is 11.9. The lowest BCUT2D eigenvalue weighted by Crippen LogP contribution is -2.26. The molecule has 84 valence electrons. The summed E-state index contributed by atoms with van der Waals surface area (Å²) >= 11 is 0. The molecule has 0 aromatic heterocycles. The molecular formula is C13H13FO2. The van der Waals surface area contributed by atoms with Gasteiger partial charge >= 0.3 is 5.97 Å². The Morgan fingerprint density at radius 2 is 2.12 bits per heavy atom. The van der Waals surface area contributed by atoms with E-state index in [9.17, 15) is 9.18 Å². The molecule has 0 spiro atoms. The number of halogens is 1. The van der Waals surface area contributed by atoms with Crippen molar-refractivity contribution in [2.75, 3.05) is 0 Å². The van der Waals surface area contributed by atoms with Crippen LogP contribution in [0.5, 0.6) is 0 Å². The highest BCUT2D eigenvalue weighted by Crippen LogP contribution is 2.37. The molecule has 0 aliphatic heterocycles. The van der Waals surface area contributed by atoms with Crippen molar-refractivity contribution >= 4 is 12.0 Å². The number of aliphatic carboxylic acids is 1. The lowest BCUT2D eigenvalue weighted by molar-refractivity contribution is -0.144. The van der Waals surface area contributed by atoms with Crippen molar-refractivity contribution in [2.45, 2.75) is 20.3 Å². The minimum Gasteiger partial charge on any atom is -0.481 e. The summed E-state index contributed by atoms with van der Waals surface area (Å²) in [4.78, 5) is 11.1. The van der Waals surface area contributed by atoms with Crippen molar-refractivity contribution in [3.63, 3.8) is 0 Å². The monoisotopic (exact) mass is 220 g/mol. The van der Waals surface area contributed by atoms with Gasteiger partial charge in [-0.3, -0.25) is 4.79 Å². The second kappa shape index (κ2) is 3.44. The summed E-state index contributed by atoms with van der Waals surface area (Å²) in [6.07, 6.45) is 2.38. The number of fused-ring (bicyclic) bond motifs is 1. The average molecular weight is 220 g/mol. The molecule has 0 heterocycles. The Kier molecular flexibility index (Phi) is 2.34. The predicted molar refractivity (Wildman–Crippen MR) is 59.5 cm³/mol. The van der Waals surface area contributed by atoms with Crippen LogP contribution in [0.3, 0.4) is 0 Å². The molecule has 0 bridgehead atoms. The number of carboxylic acid groups (broad SMARTS) is 1. The number of rotatable bonds is 2. The van der Waals surface area contributed by atoms with Crippen molar-refractivity contribution in [3.8, 4) is 0 Å². The quantitative estimate of drug-likeness (QED) is 0.832. The minimum absolute atomic E-state index is 0.288. The fourth-order valence-corrected chi connectivity index (χ4v) is 1.84. The molecule has 1 aromatic rings. The molecule has 2 rings (SSSR count). The smallest absolute Gasteiger partial charge is 0.313 e. The molecule has 2 nitrogen and oxygen atoms in total. The first-order chi connectivity index (χ1) is 7.41. The van der Waals surface area contributed by atoms with E-state index in [1.165, 1.54) is 12.1 Å². The highest BCUT2D eigenvalue weighted by atomic mass is 19.1. The van der Waals surface area contributed by atoms with Crippen LogP contribution in [0, 0.1) is 11.2 Å². The fourth-order valence-electron chi connectivity index (χ4n) is 1.84. The molecule has 0 unspecified atom stereocenters. The number of hydrogen-bond acceptors (Lipinski definition) is 1. The zero-order valence-electron chi connectivity index (χ0n) is 9.25. The summed E-state index contributed by atoms with van der Waals surface area (Å²) in [7, 11) is 0. The third-order valence-electron chi connectivity index (χ3n) is 3.16. The molecular weight excluding hydrogens is 207 g/mol. The first-order valence-electron chi connectivity index (χ1n) is 5.14. The maximum absolute atomic E-state index is 13.0. The van der Waals surface area contributed by atoms with Gasteiger partial charge in [0, 0.05) is 0 Å². The van der Waals surface area contributed by atoms with Crippen LogP contribution in [0.2, 0.25) is 0 Å². The Balaban J connectivity index is 2.39. The van der Waals surface area contributed by atoms with Crippen molar-refractivity contribution in [1.29, 1.82) is 0 Å². The van der Waals surface area contributed by atoms with Crippen molar-refractivity contribution in [1.82, 2.24) is 0 Å². The van der Waals surface area contributed by atoms with E-state index in [1.54, 1.807) is 26.0 Å². The second-order valence-corrected chi connectivity index (χ2v) is 4.62. The highest BCUT2D eigenvalue weighted by molar-refractivity contribution is 5.82. The van der Waals surface area contributed by atoms with Gasteiger partial charge in [-0.25, -0.2) is 4.39 Å². The molecule has 0 atom stereocenters. The van der Waals surface area contributed by atoms with E-state index in [0.717, 1.165) is 16.7 Å². The van der Waals surface area contributed by atoms with Crippen LogP contribution in [0.15, 0.2) is 23.8 Å². The average Bonchev–Trinajstić information content (AvgIpc) is 2.60. The van der Waals surface area contributed by atoms with E-state index in [4.69, 9.17) is 5.11 Å². The number of benzene rings is 1. The van der Waals surface area contributed by atoms with Crippen LogP contribution in [-0.2, 0) is 11.2 Å². The van der Waals surface area contributed by atoms with Crippen molar-refractivity contribution < 1.29 is 14.3 Å². The van der Waals surface area contributed by atoms with Crippen LogP contribution in [0.25, 0.3) is 6.08 Å². The normalized spacial score (nSPS) is 14.6. The van der Waals surface area contributed by atoms with Crippen LogP contribution >= 0.6 is 0 Å². The number of carbonyl (C=O) groups is 1. The third-order valence-corrected chi connectivity index (χ3v) is 3.16. The van der Waals surface area contributed by atoms with Gasteiger partial charge in [0.2, 0.25) is 0 Å². The molecule has 3 heteroatoms. The molecule has 0 amide bonds. The van der Waals surface area contributed by atoms with Gasteiger partial charge in [0.15, 0.2) is 0 Å². The van der Waals surface area contributed by atoms with Crippen LogP contribution in [-0.4, -0.2) is 11.1 Å². The van der Waals surface area contributed by atoms with E-state index in [0.29, 0.717) is 6.42 Å². The van der Waals surface area contributed by atoms with Gasteiger partial charge in [-0.1, -0.05) is 12.1 Å². The molecule has 0 saturated heterocycles. The Morgan fingerprint density at radius 1 is 1.44 bits per heavy atom. The zero-order valence-corrected chi connectivity index (χ0v) is 9.25. The Morgan fingerprint density at radius 3 is 2.75 bits per heavy atom. The molecule has 0 radical (unpaired) electrons. The summed E-state index contributed by atoms with van der Waals surface area (Å²) < 4.78 is 13.0. The second-order valence-electron chi connectivity index (χ2n) is 4.62. The highest BCUT2D eigenvalue weighted by Gasteiger charge is 2.34. The third kappa shape index (κ3) is 1.62. The SMILES string of the molecule is CC(C)(C(=O)O)C1=Cc2cc(F)ccc2C1. The van der Waals surface area contributed by atoms with Crippen LogP contribution < -0.4 is 0 Å². The molecule has 1 aromatic carbocycles. The Hall–Kier alpha value is -1.64. The molecule has 0 fully saturated rings. The van der Waals surface area contributed by atoms with Gasteiger partial charge in [0.25, 0.3) is 0 Å². The van der Waals surface area contributed by atoms with Gasteiger partial charge in [-0.2, -0.15) is 0 Å². The van der Waals surface area contributed by atoms with E-state index in [1.807, 2.05) is 0 Å². The Bertz CT molecular complexity index is 487.